The summed E-state index contributed by atoms with van der Waals surface area (Å²) in [6, 6.07) is 8.00. The molecule has 0 aliphatic carbocycles. The zero-order valence-electron chi connectivity index (χ0n) is 11.4. The zero-order valence-corrected chi connectivity index (χ0v) is 11.4. The average Bonchev–Trinajstić information content (AvgIpc) is 2.69. The molecule has 0 fully saturated rings. The van der Waals surface area contributed by atoms with E-state index in [1.165, 1.54) is 6.92 Å². The molecule has 0 bridgehead atoms. The fraction of sp³-hybridized carbons (Fsp3) is 0.400. The Bertz CT molecular complexity index is 581. The van der Waals surface area contributed by atoms with Crippen molar-refractivity contribution in [3.63, 3.8) is 0 Å². The molecule has 0 unspecified atom stereocenters. The Labute approximate surface area is 107 Å². The molecule has 0 amide bonds. The SMILES string of the molecule is CCC(C)(C)n1cc(OC(C)=O)c2ccccc21. The van der Waals surface area contributed by atoms with Gasteiger partial charge < -0.3 is 9.30 Å². The molecule has 0 atom stereocenters. The molecule has 0 N–H and O–H groups in total. The van der Waals surface area contributed by atoms with Crippen molar-refractivity contribution in [1.29, 1.82) is 0 Å². The van der Waals surface area contributed by atoms with Gasteiger partial charge in [-0.15, -0.1) is 0 Å². The van der Waals surface area contributed by atoms with Gasteiger partial charge in [0.25, 0.3) is 0 Å². The summed E-state index contributed by atoms with van der Waals surface area (Å²) in [6.45, 7) is 7.94. The Hall–Kier alpha value is -1.77. The van der Waals surface area contributed by atoms with Crippen LogP contribution in [0.3, 0.4) is 0 Å². The van der Waals surface area contributed by atoms with Gasteiger partial charge in [-0.2, -0.15) is 0 Å². The highest BCUT2D eigenvalue weighted by atomic mass is 16.5. The Morgan fingerprint density at radius 2 is 2.00 bits per heavy atom. The minimum atomic E-state index is -0.285. The largest absolute Gasteiger partial charge is 0.424 e. The van der Waals surface area contributed by atoms with Crippen LogP contribution in [-0.2, 0) is 10.3 Å². The third-order valence-electron chi connectivity index (χ3n) is 3.45. The lowest BCUT2D eigenvalue weighted by atomic mass is 10.0. The van der Waals surface area contributed by atoms with Crippen LogP contribution < -0.4 is 4.74 Å². The van der Waals surface area contributed by atoms with Crippen molar-refractivity contribution < 1.29 is 9.53 Å². The first-order valence-electron chi connectivity index (χ1n) is 6.24. The fourth-order valence-electron chi connectivity index (χ4n) is 2.06. The molecule has 1 heterocycles. The number of rotatable bonds is 3. The second-order valence-electron chi connectivity index (χ2n) is 5.14. The molecule has 0 saturated carbocycles. The summed E-state index contributed by atoms with van der Waals surface area (Å²) >= 11 is 0. The number of carbonyl (C=O) groups excluding carboxylic acids is 1. The van der Waals surface area contributed by atoms with E-state index in [9.17, 15) is 4.79 Å². The lowest BCUT2D eigenvalue weighted by Gasteiger charge is -2.26. The van der Waals surface area contributed by atoms with E-state index in [-0.39, 0.29) is 11.5 Å². The van der Waals surface area contributed by atoms with Crippen LogP contribution in [0.15, 0.2) is 30.5 Å². The van der Waals surface area contributed by atoms with Gasteiger partial charge in [0.1, 0.15) is 0 Å². The standard InChI is InChI=1S/C15H19NO2/c1-5-15(3,4)16-10-14(18-11(2)17)12-8-6-7-9-13(12)16/h6-10H,5H2,1-4H3. The number of nitrogens with zero attached hydrogens (tertiary/aromatic N) is 1. The number of benzene rings is 1. The van der Waals surface area contributed by atoms with Crippen LogP contribution in [0.25, 0.3) is 10.9 Å². The average molecular weight is 245 g/mol. The first-order chi connectivity index (χ1) is 8.45. The maximum atomic E-state index is 11.2. The minimum absolute atomic E-state index is 0.00198. The van der Waals surface area contributed by atoms with Crippen molar-refractivity contribution in [2.75, 3.05) is 0 Å². The summed E-state index contributed by atoms with van der Waals surface area (Å²) < 4.78 is 7.47. The lowest BCUT2D eigenvalue weighted by Crippen LogP contribution is -2.24. The number of hydrogen-bond donors (Lipinski definition) is 0. The van der Waals surface area contributed by atoms with Crippen LogP contribution in [0.2, 0.25) is 0 Å². The van der Waals surface area contributed by atoms with Crippen LogP contribution in [0, 0.1) is 0 Å². The van der Waals surface area contributed by atoms with Gasteiger partial charge in [0.15, 0.2) is 5.75 Å². The first kappa shape index (κ1) is 12.7. The predicted octanol–water partition coefficient (Wildman–Crippen LogP) is 3.71. The van der Waals surface area contributed by atoms with Crippen LogP contribution >= 0.6 is 0 Å². The van der Waals surface area contributed by atoms with E-state index in [2.05, 4.69) is 31.4 Å². The number of ether oxygens (including phenoxy) is 1. The third-order valence-corrected chi connectivity index (χ3v) is 3.45. The molecular weight excluding hydrogens is 226 g/mol. The van der Waals surface area contributed by atoms with Gasteiger partial charge in [-0.05, 0) is 32.4 Å². The number of carbonyl (C=O) groups is 1. The number of para-hydroxylation sites is 1. The van der Waals surface area contributed by atoms with Crippen LogP contribution in [0.1, 0.15) is 34.1 Å². The number of aromatic nitrogens is 1. The highest BCUT2D eigenvalue weighted by molar-refractivity contribution is 5.89. The highest BCUT2D eigenvalue weighted by Crippen LogP contribution is 2.33. The topological polar surface area (TPSA) is 31.2 Å². The smallest absolute Gasteiger partial charge is 0.308 e. The minimum Gasteiger partial charge on any atom is -0.424 e. The van der Waals surface area contributed by atoms with E-state index >= 15 is 0 Å². The molecule has 96 valence electrons. The Kier molecular flexibility index (Phi) is 3.16. The number of esters is 1. The van der Waals surface area contributed by atoms with Crippen molar-refractivity contribution in [1.82, 2.24) is 4.57 Å². The Morgan fingerprint density at radius 1 is 1.33 bits per heavy atom. The molecule has 3 heteroatoms. The summed E-state index contributed by atoms with van der Waals surface area (Å²) in [7, 11) is 0. The fourth-order valence-corrected chi connectivity index (χ4v) is 2.06. The molecule has 1 aromatic heterocycles. The van der Waals surface area contributed by atoms with E-state index < -0.39 is 0 Å². The highest BCUT2D eigenvalue weighted by Gasteiger charge is 2.22. The molecule has 0 aliphatic rings. The summed E-state index contributed by atoms with van der Waals surface area (Å²) in [6.07, 6.45) is 2.93. The first-order valence-corrected chi connectivity index (χ1v) is 6.24. The van der Waals surface area contributed by atoms with Crippen molar-refractivity contribution in [3.8, 4) is 5.75 Å². The van der Waals surface area contributed by atoms with Gasteiger partial charge in [-0.3, -0.25) is 4.79 Å². The maximum Gasteiger partial charge on any atom is 0.308 e. The van der Waals surface area contributed by atoms with Crippen LogP contribution in [0.5, 0.6) is 5.75 Å². The Balaban J connectivity index is 2.65. The van der Waals surface area contributed by atoms with Crippen molar-refractivity contribution in [2.24, 2.45) is 0 Å². The zero-order chi connectivity index (χ0) is 13.3. The van der Waals surface area contributed by atoms with Crippen molar-refractivity contribution >= 4 is 16.9 Å². The monoisotopic (exact) mass is 245 g/mol. The summed E-state index contributed by atoms with van der Waals surface area (Å²) in [4.78, 5) is 11.2. The van der Waals surface area contributed by atoms with E-state index in [4.69, 9.17) is 4.74 Å². The van der Waals surface area contributed by atoms with Gasteiger partial charge in [0, 0.05) is 24.0 Å². The maximum absolute atomic E-state index is 11.2. The molecule has 0 spiro atoms. The normalized spacial score (nSPS) is 11.8. The van der Waals surface area contributed by atoms with E-state index in [1.807, 2.05) is 24.4 Å². The van der Waals surface area contributed by atoms with Crippen molar-refractivity contribution in [2.45, 2.75) is 39.7 Å². The summed E-state index contributed by atoms with van der Waals surface area (Å²) in [5.41, 5.74) is 1.10. The molecular formula is C15H19NO2. The molecule has 0 aliphatic heterocycles. The van der Waals surface area contributed by atoms with Crippen molar-refractivity contribution in [3.05, 3.63) is 30.5 Å². The van der Waals surface area contributed by atoms with E-state index in [1.54, 1.807) is 0 Å². The lowest BCUT2D eigenvalue weighted by molar-refractivity contribution is -0.131. The molecule has 0 saturated heterocycles. The molecule has 0 radical (unpaired) electrons. The molecule has 1 aromatic carbocycles. The van der Waals surface area contributed by atoms with E-state index in [0.717, 1.165) is 17.3 Å². The van der Waals surface area contributed by atoms with Gasteiger partial charge in [0.05, 0.1) is 5.52 Å². The van der Waals surface area contributed by atoms with Gasteiger partial charge in [-0.1, -0.05) is 19.1 Å². The summed E-state index contributed by atoms with van der Waals surface area (Å²) in [5.74, 6) is 0.354. The van der Waals surface area contributed by atoms with Crippen LogP contribution in [-0.4, -0.2) is 10.5 Å². The Morgan fingerprint density at radius 3 is 2.61 bits per heavy atom. The molecule has 18 heavy (non-hydrogen) atoms. The van der Waals surface area contributed by atoms with Gasteiger partial charge >= 0.3 is 5.97 Å². The second-order valence-corrected chi connectivity index (χ2v) is 5.14. The van der Waals surface area contributed by atoms with Crippen LogP contribution in [0.4, 0.5) is 0 Å². The second kappa shape index (κ2) is 4.48. The quantitative estimate of drug-likeness (QED) is 0.772. The summed E-state index contributed by atoms with van der Waals surface area (Å²) in [5, 5.41) is 0.981. The number of hydrogen-bond acceptors (Lipinski definition) is 2. The molecule has 2 rings (SSSR count). The predicted molar refractivity (Wildman–Crippen MR) is 72.9 cm³/mol. The molecule has 2 aromatic rings. The number of fused-ring (bicyclic) bond motifs is 1. The van der Waals surface area contributed by atoms with E-state index in [0.29, 0.717) is 5.75 Å². The van der Waals surface area contributed by atoms with Gasteiger partial charge in [-0.25, -0.2) is 0 Å². The molecule has 3 nitrogen and oxygen atoms in total. The van der Waals surface area contributed by atoms with Gasteiger partial charge in [0.2, 0.25) is 0 Å². The third kappa shape index (κ3) is 2.13.